The number of nitrogens with one attached hydrogen (secondary N) is 2. The van der Waals surface area contributed by atoms with Gasteiger partial charge in [0.25, 0.3) is 0 Å². The molecule has 158 valence electrons. The lowest BCUT2D eigenvalue weighted by molar-refractivity contribution is 0.615. The van der Waals surface area contributed by atoms with Crippen LogP contribution in [0.2, 0.25) is 0 Å². The molecule has 0 aromatic carbocycles. The molecule has 0 radical (unpaired) electrons. The van der Waals surface area contributed by atoms with Crippen LogP contribution in [0.25, 0.3) is 0 Å². The summed E-state index contributed by atoms with van der Waals surface area (Å²) < 4.78 is 0. The van der Waals surface area contributed by atoms with E-state index in [9.17, 15) is 0 Å². The Kier molecular flexibility index (Phi) is 7.36. The van der Waals surface area contributed by atoms with Gasteiger partial charge >= 0.3 is 0 Å². The SMILES string of the molecule is CNCC(Cc1cc(C)cc(N)n1)c1cncc(CCc2cc(C)cc(NC)n2)c1. The van der Waals surface area contributed by atoms with E-state index in [-0.39, 0.29) is 5.92 Å². The van der Waals surface area contributed by atoms with Crippen LogP contribution in [0.4, 0.5) is 11.6 Å². The van der Waals surface area contributed by atoms with Crippen LogP contribution in [0.5, 0.6) is 0 Å². The molecule has 30 heavy (non-hydrogen) atoms. The first-order chi connectivity index (χ1) is 14.5. The lowest BCUT2D eigenvalue weighted by atomic mass is 9.93. The van der Waals surface area contributed by atoms with Gasteiger partial charge in [0.1, 0.15) is 11.6 Å². The van der Waals surface area contributed by atoms with Crippen molar-refractivity contribution in [3.63, 3.8) is 0 Å². The van der Waals surface area contributed by atoms with E-state index in [4.69, 9.17) is 5.73 Å². The zero-order valence-electron chi connectivity index (χ0n) is 18.4. The van der Waals surface area contributed by atoms with Crippen molar-refractivity contribution in [2.45, 2.75) is 39.0 Å². The minimum Gasteiger partial charge on any atom is -0.384 e. The Hall–Kier alpha value is -2.99. The predicted octanol–water partition coefficient (Wildman–Crippen LogP) is 3.44. The average molecular weight is 405 g/mol. The van der Waals surface area contributed by atoms with Gasteiger partial charge in [0.05, 0.1) is 0 Å². The van der Waals surface area contributed by atoms with Gasteiger partial charge in [0.15, 0.2) is 0 Å². The molecule has 0 amide bonds. The molecule has 0 spiro atoms. The van der Waals surface area contributed by atoms with Crippen molar-refractivity contribution in [3.8, 4) is 0 Å². The maximum Gasteiger partial charge on any atom is 0.126 e. The Labute approximate surface area is 179 Å². The number of nitrogen functional groups attached to an aromatic ring is 1. The highest BCUT2D eigenvalue weighted by atomic mass is 15.0. The monoisotopic (exact) mass is 404 g/mol. The Morgan fingerprint density at radius 1 is 0.900 bits per heavy atom. The van der Waals surface area contributed by atoms with Crippen molar-refractivity contribution in [2.75, 3.05) is 31.7 Å². The Balaban J connectivity index is 1.75. The summed E-state index contributed by atoms with van der Waals surface area (Å²) in [6, 6.07) is 10.5. The zero-order chi connectivity index (χ0) is 21.5. The summed E-state index contributed by atoms with van der Waals surface area (Å²) in [5.41, 5.74) is 12.9. The number of aryl methyl sites for hydroxylation is 4. The summed E-state index contributed by atoms with van der Waals surface area (Å²) in [5.74, 6) is 1.77. The van der Waals surface area contributed by atoms with Crippen molar-refractivity contribution >= 4 is 11.6 Å². The first kappa shape index (κ1) is 21.7. The molecule has 0 bridgehead atoms. The highest BCUT2D eigenvalue weighted by Crippen LogP contribution is 2.22. The second-order valence-electron chi connectivity index (χ2n) is 7.92. The molecule has 0 aliphatic rings. The molecule has 3 aromatic heterocycles. The van der Waals surface area contributed by atoms with Crippen LogP contribution in [0.15, 0.2) is 42.7 Å². The van der Waals surface area contributed by atoms with E-state index >= 15 is 0 Å². The van der Waals surface area contributed by atoms with Gasteiger partial charge in [-0.25, -0.2) is 9.97 Å². The van der Waals surface area contributed by atoms with Gasteiger partial charge in [-0.05, 0) is 86.7 Å². The summed E-state index contributed by atoms with van der Waals surface area (Å²) in [4.78, 5) is 13.7. The Morgan fingerprint density at radius 3 is 2.40 bits per heavy atom. The van der Waals surface area contributed by atoms with Gasteiger partial charge in [-0.3, -0.25) is 4.98 Å². The smallest absolute Gasteiger partial charge is 0.126 e. The van der Waals surface area contributed by atoms with Crippen LogP contribution in [0.3, 0.4) is 0 Å². The molecule has 4 N–H and O–H groups in total. The molecular formula is C24H32N6. The first-order valence-corrected chi connectivity index (χ1v) is 10.4. The zero-order valence-corrected chi connectivity index (χ0v) is 18.4. The van der Waals surface area contributed by atoms with E-state index in [1.165, 1.54) is 16.7 Å². The van der Waals surface area contributed by atoms with Crippen LogP contribution < -0.4 is 16.4 Å². The number of rotatable bonds is 9. The summed E-state index contributed by atoms with van der Waals surface area (Å²) in [6.07, 6.45) is 6.53. The van der Waals surface area contributed by atoms with E-state index in [1.807, 2.05) is 32.6 Å². The lowest BCUT2D eigenvalue weighted by Gasteiger charge is -2.18. The Morgan fingerprint density at radius 2 is 1.67 bits per heavy atom. The van der Waals surface area contributed by atoms with Crippen LogP contribution >= 0.6 is 0 Å². The normalized spacial score (nSPS) is 12.0. The van der Waals surface area contributed by atoms with Crippen molar-refractivity contribution in [1.29, 1.82) is 0 Å². The average Bonchev–Trinajstić information content (AvgIpc) is 2.71. The summed E-state index contributed by atoms with van der Waals surface area (Å²) in [5, 5.41) is 6.44. The maximum absolute atomic E-state index is 5.95. The van der Waals surface area contributed by atoms with E-state index in [0.717, 1.165) is 48.6 Å². The molecule has 0 saturated heterocycles. The van der Waals surface area contributed by atoms with Crippen LogP contribution in [-0.4, -0.2) is 35.6 Å². The van der Waals surface area contributed by atoms with Crippen LogP contribution in [0, 0.1) is 13.8 Å². The number of pyridine rings is 3. The largest absolute Gasteiger partial charge is 0.384 e. The molecule has 6 nitrogen and oxygen atoms in total. The van der Waals surface area contributed by atoms with E-state index in [1.54, 1.807) is 0 Å². The first-order valence-electron chi connectivity index (χ1n) is 10.4. The number of hydrogen-bond donors (Lipinski definition) is 3. The third-order valence-corrected chi connectivity index (χ3v) is 5.18. The van der Waals surface area contributed by atoms with E-state index in [0.29, 0.717) is 5.82 Å². The number of hydrogen-bond acceptors (Lipinski definition) is 6. The molecule has 3 aromatic rings. The van der Waals surface area contributed by atoms with Gasteiger partial charge in [-0.15, -0.1) is 0 Å². The molecule has 6 heteroatoms. The van der Waals surface area contributed by atoms with Crippen LogP contribution in [0.1, 0.15) is 39.6 Å². The number of likely N-dealkylation sites (N-methyl/N-ethyl adjacent to an activating group) is 1. The molecule has 3 heterocycles. The number of aromatic nitrogens is 3. The predicted molar refractivity (Wildman–Crippen MR) is 124 cm³/mol. The molecule has 1 atom stereocenters. The van der Waals surface area contributed by atoms with Crippen molar-refractivity contribution < 1.29 is 0 Å². The van der Waals surface area contributed by atoms with Gasteiger partial charge in [0.2, 0.25) is 0 Å². The highest BCUT2D eigenvalue weighted by Gasteiger charge is 2.15. The standard InChI is InChI=1S/C24H32N6/c1-16-8-22(29-23(25)9-16)12-20(14-26-3)19-11-18(13-28-15-19)5-6-21-7-17(2)10-24(27-4)30-21/h7-11,13,15,20,26H,5-6,12,14H2,1-4H3,(H2,25,29)(H,27,30). The van der Waals surface area contributed by atoms with Crippen LogP contribution in [-0.2, 0) is 19.3 Å². The van der Waals surface area contributed by atoms with Crippen molar-refractivity contribution in [1.82, 2.24) is 20.3 Å². The van der Waals surface area contributed by atoms with E-state index < -0.39 is 0 Å². The van der Waals surface area contributed by atoms with Crippen molar-refractivity contribution in [3.05, 3.63) is 76.4 Å². The Bertz CT molecular complexity index is 965. The fraction of sp³-hybridized carbons (Fsp3) is 0.375. The summed E-state index contributed by atoms with van der Waals surface area (Å²) in [6.45, 7) is 5.00. The molecule has 0 fully saturated rings. The third-order valence-electron chi connectivity index (χ3n) is 5.18. The second kappa shape index (κ2) is 10.2. The lowest BCUT2D eigenvalue weighted by Crippen LogP contribution is -2.20. The van der Waals surface area contributed by atoms with Gasteiger partial charge in [-0.1, -0.05) is 6.07 Å². The van der Waals surface area contributed by atoms with Crippen molar-refractivity contribution in [2.24, 2.45) is 0 Å². The topological polar surface area (TPSA) is 88.8 Å². The molecule has 0 saturated carbocycles. The fourth-order valence-electron chi connectivity index (χ4n) is 3.82. The molecule has 1 unspecified atom stereocenters. The quantitative estimate of drug-likeness (QED) is 0.506. The third kappa shape index (κ3) is 6.00. The van der Waals surface area contributed by atoms with Gasteiger partial charge in [0, 0.05) is 43.3 Å². The number of nitrogens with two attached hydrogens (primary N) is 1. The minimum absolute atomic E-state index is 0.282. The molecule has 0 aliphatic carbocycles. The van der Waals surface area contributed by atoms with Gasteiger partial charge in [-0.2, -0.15) is 0 Å². The fourth-order valence-corrected chi connectivity index (χ4v) is 3.82. The van der Waals surface area contributed by atoms with E-state index in [2.05, 4.69) is 63.7 Å². The highest BCUT2D eigenvalue weighted by molar-refractivity contribution is 5.39. The minimum atomic E-state index is 0.282. The second-order valence-corrected chi connectivity index (χ2v) is 7.92. The number of anilines is 2. The molecule has 3 rings (SSSR count). The number of nitrogens with zero attached hydrogens (tertiary/aromatic N) is 3. The summed E-state index contributed by atoms with van der Waals surface area (Å²) in [7, 11) is 3.88. The maximum atomic E-state index is 5.95. The molecular weight excluding hydrogens is 372 g/mol. The summed E-state index contributed by atoms with van der Waals surface area (Å²) >= 11 is 0. The van der Waals surface area contributed by atoms with Gasteiger partial charge < -0.3 is 16.4 Å². The molecule has 0 aliphatic heterocycles.